The molecule has 0 bridgehead atoms. The minimum absolute atomic E-state index is 0. The number of carbonyl (C=O) groups excluding carboxylic acids is 1. The number of hydrogen-bond donors (Lipinski definition) is 2. The molecule has 1 aliphatic rings. The summed E-state index contributed by atoms with van der Waals surface area (Å²) < 4.78 is 1.71. The van der Waals surface area contributed by atoms with Crippen LogP contribution in [0.4, 0.5) is 5.82 Å². The number of aryl methyl sites for hydroxylation is 2. The van der Waals surface area contributed by atoms with E-state index >= 15 is 0 Å². The number of hydrogen-bond acceptors (Lipinski definition) is 3. The Hall–Kier alpha value is -1.07. The molecular formula is C10H17ClN4O. The molecule has 1 atom stereocenters. The fourth-order valence-electron chi connectivity index (χ4n) is 1.65. The van der Waals surface area contributed by atoms with Gasteiger partial charge in [-0.3, -0.25) is 9.48 Å². The molecule has 0 spiro atoms. The third kappa shape index (κ3) is 2.20. The molecule has 0 aliphatic carbocycles. The summed E-state index contributed by atoms with van der Waals surface area (Å²) in [5.74, 6) is 0.832. The lowest BCUT2D eigenvalue weighted by atomic mass is 10.1. The summed E-state index contributed by atoms with van der Waals surface area (Å²) in [6, 6.07) is -0.0281. The highest BCUT2D eigenvalue weighted by Gasteiger charge is 2.25. The van der Waals surface area contributed by atoms with Crippen LogP contribution in [0.5, 0.6) is 0 Å². The number of carbonyl (C=O) groups is 1. The minimum atomic E-state index is -0.0281. The average Bonchev–Trinajstić information content (AvgIpc) is 2.29. The number of halogens is 1. The van der Waals surface area contributed by atoms with E-state index in [0.29, 0.717) is 0 Å². The van der Waals surface area contributed by atoms with Crippen LogP contribution in [0.25, 0.3) is 0 Å². The smallest absolute Gasteiger partial charge is 0.242 e. The van der Waals surface area contributed by atoms with Crippen LogP contribution in [0.15, 0.2) is 0 Å². The van der Waals surface area contributed by atoms with Crippen LogP contribution in [0, 0.1) is 13.8 Å². The standard InChI is InChI=1S/C10H16N4O.ClH/c1-6-7(2)13-14(3)9(6)12-10(15)8-4-5-11-8;/h8,11H,4-5H2,1-3H3,(H,12,15);1H/t8-;/m1./s1. The summed E-state index contributed by atoms with van der Waals surface area (Å²) in [7, 11) is 1.84. The van der Waals surface area contributed by atoms with Crippen LogP contribution < -0.4 is 10.6 Å². The Bertz CT molecular complexity index is 398. The second-order valence-corrected chi connectivity index (χ2v) is 3.97. The van der Waals surface area contributed by atoms with Gasteiger partial charge in [0.15, 0.2) is 0 Å². The first-order valence-corrected chi connectivity index (χ1v) is 5.14. The second-order valence-electron chi connectivity index (χ2n) is 3.97. The van der Waals surface area contributed by atoms with Gasteiger partial charge in [-0.05, 0) is 26.8 Å². The fraction of sp³-hybridized carbons (Fsp3) is 0.600. The molecule has 1 amide bonds. The minimum Gasteiger partial charge on any atom is -0.309 e. The molecular weight excluding hydrogens is 228 g/mol. The van der Waals surface area contributed by atoms with Gasteiger partial charge in [0.05, 0.1) is 11.7 Å². The summed E-state index contributed by atoms with van der Waals surface area (Å²) in [6.07, 6.45) is 0.918. The van der Waals surface area contributed by atoms with Crippen molar-refractivity contribution in [2.75, 3.05) is 11.9 Å². The summed E-state index contributed by atoms with van der Waals surface area (Å²) in [6.45, 7) is 4.83. The molecule has 2 rings (SSSR count). The molecule has 0 saturated carbocycles. The van der Waals surface area contributed by atoms with Gasteiger partial charge in [-0.15, -0.1) is 12.4 Å². The Labute approximate surface area is 101 Å². The van der Waals surface area contributed by atoms with Gasteiger partial charge in [-0.2, -0.15) is 5.10 Å². The highest BCUT2D eigenvalue weighted by atomic mass is 35.5. The van der Waals surface area contributed by atoms with Gasteiger partial charge in [0.1, 0.15) is 5.82 Å². The van der Waals surface area contributed by atoms with Crippen molar-refractivity contribution in [3.05, 3.63) is 11.3 Å². The van der Waals surface area contributed by atoms with Crippen LogP contribution in [0.2, 0.25) is 0 Å². The number of nitrogens with one attached hydrogen (secondary N) is 2. The number of amides is 1. The molecule has 1 aliphatic heterocycles. The van der Waals surface area contributed by atoms with Crippen LogP contribution in [-0.2, 0) is 11.8 Å². The zero-order valence-electron chi connectivity index (χ0n) is 9.70. The lowest BCUT2D eigenvalue weighted by Crippen LogP contribution is -2.51. The molecule has 2 heterocycles. The van der Waals surface area contributed by atoms with Crippen molar-refractivity contribution in [1.29, 1.82) is 0 Å². The molecule has 1 aromatic rings. The Morgan fingerprint density at radius 3 is 2.56 bits per heavy atom. The predicted octanol–water partition coefficient (Wildman–Crippen LogP) is 0.759. The number of rotatable bonds is 2. The molecule has 0 radical (unpaired) electrons. The quantitative estimate of drug-likeness (QED) is 0.808. The Morgan fingerprint density at radius 2 is 2.19 bits per heavy atom. The lowest BCUT2D eigenvalue weighted by Gasteiger charge is -2.26. The van der Waals surface area contributed by atoms with Crippen molar-refractivity contribution in [3.63, 3.8) is 0 Å². The van der Waals surface area contributed by atoms with Crippen molar-refractivity contribution in [1.82, 2.24) is 15.1 Å². The van der Waals surface area contributed by atoms with E-state index in [-0.39, 0.29) is 24.4 Å². The third-order valence-corrected chi connectivity index (χ3v) is 2.90. The molecule has 1 fully saturated rings. The summed E-state index contributed by atoms with van der Waals surface area (Å²) in [4.78, 5) is 11.7. The molecule has 1 aromatic heterocycles. The van der Waals surface area contributed by atoms with E-state index in [1.807, 2.05) is 20.9 Å². The fourth-order valence-corrected chi connectivity index (χ4v) is 1.65. The average molecular weight is 245 g/mol. The monoisotopic (exact) mass is 244 g/mol. The van der Waals surface area contributed by atoms with Gasteiger partial charge >= 0.3 is 0 Å². The van der Waals surface area contributed by atoms with Crippen molar-refractivity contribution >= 4 is 24.1 Å². The molecule has 1 saturated heterocycles. The Morgan fingerprint density at radius 1 is 1.56 bits per heavy atom. The van der Waals surface area contributed by atoms with Gasteiger partial charge in [0, 0.05) is 12.6 Å². The first kappa shape index (κ1) is 13.0. The van der Waals surface area contributed by atoms with Gasteiger partial charge in [-0.1, -0.05) is 0 Å². The maximum Gasteiger partial charge on any atom is 0.242 e. The number of nitrogens with zero attached hydrogens (tertiary/aromatic N) is 2. The topological polar surface area (TPSA) is 59.0 Å². The van der Waals surface area contributed by atoms with Crippen molar-refractivity contribution in [3.8, 4) is 0 Å². The molecule has 16 heavy (non-hydrogen) atoms. The predicted molar refractivity (Wildman–Crippen MR) is 65.0 cm³/mol. The Balaban J connectivity index is 0.00000128. The van der Waals surface area contributed by atoms with E-state index in [1.165, 1.54) is 0 Å². The van der Waals surface area contributed by atoms with E-state index in [2.05, 4.69) is 15.7 Å². The molecule has 2 N–H and O–H groups in total. The summed E-state index contributed by atoms with van der Waals surface area (Å²) in [5, 5.41) is 10.2. The first-order chi connectivity index (χ1) is 7.09. The van der Waals surface area contributed by atoms with Crippen molar-refractivity contribution in [2.24, 2.45) is 7.05 Å². The normalized spacial score (nSPS) is 18.6. The van der Waals surface area contributed by atoms with Crippen LogP contribution in [0.1, 0.15) is 17.7 Å². The summed E-state index contributed by atoms with van der Waals surface area (Å²) >= 11 is 0. The van der Waals surface area contributed by atoms with Crippen LogP contribution >= 0.6 is 12.4 Å². The van der Waals surface area contributed by atoms with Crippen molar-refractivity contribution in [2.45, 2.75) is 26.3 Å². The Kier molecular flexibility index (Phi) is 3.93. The molecule has 5 nitrogen and oxygen atoms in total. The zero-order chi connectivity index (χ0) is 11.0. The van der Waals surface area contributed by atoms with Gasteiger partial charge in [0.25, 0.3) is 0 Å². The van der Waals surface area contributed by atoms with Crippen molar-refractivity contribution < 1.29 is 4.79 Å². The molecule has 0 unspecified atom stereocenters. The molecule has 6 heteroatoms. The van der Waals surface area contributed by atoms with Gasteiger partial charge in [0.2, 0.25) is 5.91 Å². The zero-order valence-corrected chi connectivity index (χ0v) is 10.5. The SMILES string of the molecule is Cc1nn(C)c(NC(=O)[C@H]2CCN2)c1C.Cl. The molecule has 90 valence electrons. The van der Waals surface area contributed by atoms with E-state index in [0.717, 1.165) is 30.0 Å². The van der Waals surface area contributed by atoms with Gasteiger partial charge < -0.3 is 10.6 Å². The maximum atomic E-state index is 11.7. The molecule has 0 aromatic carbocycles. The van der Waals surface area contributed by atoms with E-state index < -0.39 is 0 Å². The lowest BCUT2D eigenvalue weighted by molar-refractivity contribution is -0.119. The van der Waals surface area contributed by atoms with Crippen LogP contribution in [0.3, 0.4) is 0 Å². The van der Waals surface area contributed by atoms with E-state index in [9.17, 15) is 4.79 Å². The largest absolute Gasteiger partial charge is 0.309 e. The van der Waals surface area contributed by atoms with Crippen LogP contribution in [-0.4, -0.2) is 28.3 Å². The van der Waals surface area contributed by atoms with E-state index in [1.54, 1.807) is 4.68 Å². The number of aromatic nitrogens is 2. The first-order valence-electron chi connectivity index (χ1n) is 5.14. The second kappa shape index (κ2) is 4.84. The maximum absolute atomic E-state index is 11.7. The highest BCUT2D eigenvalue weighted by Crippen LogP contribution is 2.17. The van der Waals surface area contributed by atoms with Gasteiger partial charge in [-0.25, -0.2) is 0 Å². The highest BCUT2D eigenvalue weighted by molar-refractivity contribution is 5.95. The van der Waals surface area contributed by atoms with E-state index in [4.69, 9.17) is 0 Å². The third-order valence-electron chi connectivity index (χ3n) is 2.90. The number of anilines is 1. The summed E-state index contributed by atoms with van der Waals surface area (Å²) in [5.41, 5.74) is 1.99.